The number of fused-ring (bicyclic) bond motifs is 1. The number of nitrogens with zero attached hydrogens (tertiary/aromatic N) is 1. The van der Waals surface area contributed by atoms with Crippen LogP contribution in [0.15, 0.2) is 23.8 Å². The van der Waals surface area contributed by atoms with Gasteiger partial charge in [-0.3, -0.25) is 4.79 Å². The normalized spacial score (nSPS) is 32.3. The summed E-state index contributed by atoms with van der Waals surface area (Å²) in [6, 6.07) is -0.236. The highest BCUT2D eigenvalue weighted by Crippen LogP contribution is 2.33. The Morgan fingerprint density at radius 1 is 1.17 bits per heavy atom. The van der Waals surface area contributed by atoms with Crippen molar-refractivity contribution in [1.82, 2.24) is 10.2 Å². The molecule has 3 fully saturated rings. The Morgan fingerprint density at radius 2 is 1.97 bits per heavy atom. The first-order chi connectivity index (χ1) is 14.2. The maximum Gasteiger partial charge on any atom is 0.224 e. The van der Waals surface area contributed by atoms with E-state index < -0.39 is 6.10 Å². The molecule has 4 aliphatic rings. The van der Waals surface area contributed by atoms with Crippen LogP contribution in [0.25, 0.3) is 0 Å². The third kappa shape index (κ3) is 5.69. The van der Waals surface area contributed by atoms with Gasteiger partial charge in [0.25, 0.3) is 0 Å². The molecule has 6 heteroatoms. The van der Waals surface area contributed by atoms with Crippen LogP contribution in [0.3, 0.4) is 0 Å². The number of aliphatic hydroxyl groups excluding tert-OH is 1. The summed E-state index contributed by atoms with van der Waals surface area (Å²) >= 11 is 0. The van der Waals surface area contributed by atoms with Crippen LogP contribution in [-0.4, -0.2) is 73.1 Å². The molecular weight excluding hydrogens is 368 g/mol. The molecule has 5 atom stereocenters. The molecule has 29 heavy (non-hydrogen) atoms. The molecular formula is C23H36N2O4. The van der Waals surface area contributed by atoms with Crippen LogP contribution in [0.1, 0.15) is 51.4 Å². The Bertz CT molecular complexity index is 614. The van der Waals surface area contributed by atoms with E-state index in [-0.39, 0.29) is 30.1 Å². The lowest BCUT2D eigenvalue weighted by molar-refractivity contribution is -0.169. The summed E-state index contributed by atoms with van der Waals surface area (Å²) in [6.45, 7) is 4.15. The largest absolute Gasteiger partial charge is 0.391 e. The summed E-state index contributed by atoms with van der Waals surface area (Å²) in [6.07, 6.45) is 13.5. The van der Waals surface area contributed by atoms with E-state index in [1.54, 1.807) is 0 Å². The SMILES string of the molecule is O=C(CC1=CCCC=C1)N[C@H](CN1CCCC1)[C@H](O)C1CCC2OCCOC2C1. The number of carbonyl (C=O) groups is 1. The van der Waals surface area contributed by atoms with Crippen molar-refractivity contribution in [3.63, 3.8) is 0 Å². The molecule has 0 aromatic carbocycles. The van der Waals surface area contributed by atoms with Gasteiger partial charge in [-0.2, -0.15) is 0 Å². The lowest BCUT2D eigenvalue weighted by atomic mass is 9.79. The third-order valence-electron chi connectivity index (χ3n) is 6.85. The molecule has 0 aromatic heterocycles. The fourth-order valence-electron chi connectivity index (χ4n) is 5.26. The minimum atomic E-state index is -0.554. The van der Waals surface area contributed by atoms with E-state index in [2.05, 4.69) is 28.4 Å². The molecule has 2 aliphatic heterocycles. The molecule has 162 valence electrons. The highest BCUT2D eigenvalue weighted by atomic mass is 16.6. The van der Waals surface area contributed by atoms with Gasteiger partial charge in [0.2, 0.25) is 5.91 Å². The van der Waals surface area contributed by atoms with Gasteiger partial charge in [-0.1, -0.05) is 18.2 Å². The average molecular weight is 405 g/mol. The minimum Gasteiger partial charge on any atom is -0.391 e. The molecule has 1 saturated carbocycles. The first-order valence-electron chi connectivity index (χ1n) is 11.5. The fourth-order valence-corrected chi connectivity index (χ4v) is 5.26. The summed E-state index contributed by atoms with van der Waals surface area (Å²) in [5, 5.41) is 14.5. The van der Waals surface area contributed by atoms with Crippen molar-refractivity contribution in [3.05, 3.63) is 23.8 Å². The van der Waals surface area contributed by atoms with Crippen LogP contribution in [0.4, 0.5) is 0 Å². The van der Waals surface area contributed by atoms with E-state index in [0.717, 1.165) is 57.3 Å². The van der Waals surface area contributed by atoms with E-state index in [0.29, 0.717) is 19.6 Å². The predicted molar refractivity (Wildman–Crippen MR) is 112 cm³/mol. The number of carbonyl (C=O) groups excluding carboxylic acids is 1. The number of nitrogens with one attached hydrogen (secondary N) is 1. The molecule has 3 unspecified atom stereocenters. The lowest BCUT2D eigenvalue weighted by Gasteiger charge is -2.42. The van der Waals surface area contributed by atoms with Crippen molar-refractivity contribution in [1.29, 1.82) is 0 Å². The average Bonchev–Trinajstić information content (AvgIpc) is 3.26. The second-order valence-corrected chi connectivity index (χ2v) is 9.00. The number of amides is 1. The van der Waals surface area contributed by atoms with Crippen LogP contribution in [0, 0.1) is 5.92 Å². The first-order valence-corrected chi connectivity index (χ1v) is 11.5. The number of hydrogen-bond donors (Lipinski definition) is 2. The highest BCUT2D eigenvalue weighted by Gasteiger charge is 2.39. The molecule has 2 N–H and O–H groups in total. The zero-order chi connectivity index (χ0) is 20.1. The minimum absolute atomic E-state index is 0.0111. The van der Waals surface area contributed by atoms with E-state index in [1.807, 2.05) is 0 Å². The van der Waals surface area contributed by atoms with E-state index in [4.69, 9.17) is 9.47 Å². The number of allylic oxidation sites excluding steroid dienone is 3. The first kappa shape index (κ1) is 21.0. The smallest absolute Gasteiger partial charge is 0.224 e. The van der Waals surface area contributed by atoms with Crippen LogP contribution in [0.2, 0.25) is 0 Å². The van der Waals surface area contributed by atoms with Gasteiger partial charge in [0.05, 0.1) is 44.0 Å². The van der Waals surface area contributed by atoms with Gasteiger partial charge in [0, 0.05) is 6.54 Å². The second-order valence-electron chi connectivity index (χ2n) is 9.00. The van der Waals surface area contributed by atoms with Crippen LogP contribution >= 0.6 is 0 Å². The van der Waals surface area contributed by atoms with Crippen LogP contribution in [-0.2, 0) is 14.3 Å². The zero-order valence-electron chi connectivity index (χ0n) is 17.4. The van der Waals surface area contributed by atoms with Crippen molar-refractivity contribution in [2.45, 2.75) is 75.7 Å². The molecule has 0 aromatic rings. The molecule has 2 aliphatic carbocycles. The molecule has 6 nitrogen and oxygen atoms in total. The molecule has 0 radical (unpaired) electrons. The van der Waals surface area contributed by atoms with Crippen LogP contribution < -0.4 is 5.32 Å². The Balaban J connectivity index is 1.37. The van der Waals surface area contributed by atoms with Crippen molar-refractivity contribution < 1.29 is 19.4 Å². The Labute approximate surface area is 174 Å². The summed E-state index contributed by atoms with van der Waals surface area (Å²) < 4.78 is 11.7. The number of aliphatic hydroxyl groups is 1. The van der Waals surface area contributed by atoms with E-state index in [9.17, 15) is 9.90 Å². The zero-order valence-corrected chi connectivity index (χ0v) is 17.4. The number of likely N-dealkylation sites (tertiary alicyclic amines) is 1. The van der Waals surface area contributed by atoms with Gasteiger partial charge in [0.1, 0.15) is 0 Å². The lowest BCUT2D eigenvalue weighted by Crippen LogP contribution is -2.54. The van der Waals surface area contributed by atoms with Gasteiger partial charge < -0.3 is 24.8 Å². The van der Waals surface area contributed by atoms with Gasteiger partial charge in [-0.05, 0) is 69.5 Å². The molecule has 4 rings (SSSR count). The number of ether oxygens (including phenoxy) is 2. The standard InChI is InChI=1S/C23H36N2O4/c26-22(14-17-6-2-1-3-7-17)24-19(16-25-10-4-5-11-25)23(27)18-8-9-20-21(15-18)29-13-12-28-20/h2,6-7,18-21,23,27H,1,3-5,8-16H2,(H,24,26)/t18?,19-,20?,21?,23-/m1/s1. The Morgan fingerprint density at radius 3 is 2.72 bits per heavy atom. The fraction of sp³-hybridized carbons (Fsp3) is 0.783. The molecule has 2 saturated heterocycles. The van der Waals surface area contributed by atoms with E-state index >= 15 is 0 Å². The van der Waals surface area contributed by atoms with E-state index in [1.165, 1.54) is 12.8 Å². The predicted octanol–water partition coefficient (Wildman–Crippen LogP) is 2.18. The highest BCUT2D eigenvalue weighted by molar-refractivity contribution is 5.79. The van der Waals surface area contributed by atoms with Gasteiger partial charge in [-0.15, -0.1) is 0 Å². The van der Waals surface area contributed by atoms with Crippen LogP contribution in [0.5, 0.6) is 0 Å². The third-order valence-corrected chi connectivity index (χ3v) is 6.85. The van der Waals surface area contributed by atoms with Gasteiger partial charge in [0.15, 0.2) is 0 Å². The number of rotatable bonds is 7. The van der Waals surface area contributed by atoms with Crippen molar-refractivity contribution >= 4 is 5.91 Å². The van der Waals surface area contributed by atoms with Gasteiger partial charge >= 0.3 is 0 Å². The maximum atomic E-state index is 12.8. The molecule has 0 bridgehead atoms. The van der Waals surface area contributed by atoms with Gasteiger partial charge in [-0.25, -0.2) is 0 Å². The quantitative estimate of drug-likeness (QED) is 0.681. The number of hydrogen-bond acceptors (Lipinski definition) is 5. The summed E-state index contributed by atoms with van der Waals surface area (Å²) in [4.78, 5) is 15.1. The van der Waals surface area contributed by atoms with Crippen molar-refractivity contribution in [3.8, 4) is 0 Å². The topological polar surface area (TPSA) is 71.0 Å². The Hall–Kier alpha value is -1.21. The summed E-state index contributed by atoms with van der Waals surface area (Å²) in [7, 11) is 0. The monoisotopic (exact) mass is 404 g/mol. The molecule has 1 amide bonds. The summed E-state index contributed by atoms with van der Waals surface area (Å²) in [5.41, 5.74) is 1.08. The second kappa shape index (κ2) is 10.2. The Kier molecular flexibility index (Phi) is 7.40. The molecule has 0 spiro atoms. The molecule has 2 heterocycles. The van der Waals surface area contributed by atoms with Crippen molar-refractivity contribution in [2.24, 2.45) is 5.92 Å². The summed E-state index contributed by atoms with van der Waals surface area (Å²) in [5.74, 6) is 0.150. The van der Waals surface area contributed by atoms with Crippen molar-refractivity contribution in [2.75, 3.05) is 32.8 Å². The maximum absolute atomic E-state index is 12.8.